The molecule has 2 aromatic rings. The number of carbonyl (C=O) groups excluding carboxylic acids is 1. The summed E-state index contributed by atoms with van der Waals surface area (Å²) in [4.78, 5) is 10.6. The van der Waals surface area contributed by atoms with Crippen LogP contribution >= 0.6 is 56.5 Å². The van der Waals surface area contributed by atoms with E-state index in [1.165, 1.54) is 16.5 Å². The molecule has 4 heteroatoms. The summed E-state index contributed by atoms with van der Waals surface area (Å²) in [5, 5.41) is 1.19. The van der Waals surface area contributed by atoms with Crippen LogP contribution in [0.2, 0.25) is 0 Å². The van der Waals surface area contributed by atoms with Crippen molar-refractivity contribution >= 4 is 72.9 Å². The fraction of sp³-hybridized carbons (Fsp3) is 0. The van der Waals surface area contributed by atoms with Gasteiger partial charge in [0.1, 0.15) is 6.29 Å². The number of hydrogen-bond donors (Lipinski definition) is 0. The summed E-state index contributed by atoms with van der Waals surface area (Å²) < 4.78 is 3.79. The van der Waals surface area contributed by atoms with Crippen molar-refractivity contribution in [1.29, 1.82) is 0 Å². The molecule has 1 aromatic heterocycles. The molecule has 1 heterocycles. The zero-order valence-electron chi connectivity index (χ0n) is 6.38. The highest BCUT2D eigenvalue weighted by Crippen LogP contribution is 2.33. The van der Waals surface area contributed by atoms with E-state index in [1.807, 2.05) is 18.2 Å². The van der Waals surface area contributed by atoms with Crippen molar-refractivity contribution in [2.75, 3.05) is 0 Å². The van der Waals surface area contributed by atoms with Gasteiger partial charge in [-0.05, 0) is 57.3 Å². The predicted octanol–water partition coefficient (Wildman–Crippen LogP) is 3.92. The van der Waals surface area contributed by atoms with Crippen molar-refractivity contribution in [3.05, 3.63) is 30.2 Å². The van der Waals surface area contributed by atoms with Gasteiger partial charge in [-0.15, -0.1) is 11.3 Å². The molecule has 0 unspecified atom stereocenters. The fourth-order valence-electron chi connectivity index (χ4n) is 1.13. The molecule has 0 aliphatic carbocycles. The van der Waals surface area contributed by atoms with Gasteiger partial charge in [-0.2, -0.15) is 0 Å². The Bertz CT molecular complexity index is 476. The van der Waals surface area contributed by atoms with Crippen molar-refractivity contribution in [3.63, 3.8) is 0 Å². The summed E-state index contributed by atoms with van der Waals surface area (Å²) in [6, 6.07) is 5.81. The number of aldehydes is 1. The van der Waals surface area contributed by atoms with Gasteiger partial charge < -0.3 is 0 Å². The summed E-state index contributed by atoms with van der Waals surface area (Å²) >= 11 is 6.40. The molecule has 0 spiro atoms. The van der Waals surface area contributed by atoms with Gasteiger partial charge in [-0.3, -0.25) is 4.79 Å². The Morgan fingerprint density at radius 1 is 1.31 bits per heavy atom. The standard InChI is InChI=1S/C9H4I2OS/c10-8-6-3-5(4-12)1-2-7(6)13-9(8)11/h1-4H. The molecule has 0 aliphatic heterocycles. The largest absolute Gasteiger partial charge is 0.298 e. The molecule has 0 saturated carbocycles. The highest BCUT2D eigenvalue weighted by atomic mass is 127. The first-order valence-corrected chi connectivity index (χ1v) is 6.52. The molecule has 2 rings (SSSR count). The summed E-state index contributed by atoms with van der Waals surface area (Å²) in [6.07, 6.45) is 0.889. The molecule has 0 N–H and O–H groups in total. The Kier molecular flexibility index (Phi) is 2.89. The molecule has 0 bridgehead atoms. The first kappa shape index (κ1) is 9.85. The average molecular weight is 414 g/mol. The van der Waals surface area contributed by atoms with Gasteiger partial charge in [0, 0.05) is 19.2 Å². The number of hydrogen-bond acceptors (Lipinski definition) is 2. The number of thiophene rings is 1. The Labute approximate surface area is 107 Å². The summed E-state index contributed by atoms with van der Waals surface area (Å²) in [5.74, 6) is 0. The average Bonchev–Trinajstić information content (AvgIpc) is 2.43. The molecule has 0 atom stereocenters. The van der Waals surface area contributed by atoms with Crippen molar-refractivity contribution in [2.45, 2.75) is 0 Å². The van der Waals surface area contributed by atoms with Gasteiger partial charge in [0.15, 0.2) is 0 Å². The first-order chi connectivity index (χ1) is 6.22. The Hall–Kier alpha value is 0.310. The van der Waals surface area contributed by atoms with Crippen molar-refractivity contribution in [3.8, 4) is 0 Å². The smallest absolute Gasteiger partial charge is 0.150 e. The van der Waals surface area contributed by atoms with Crippen molar-refractivity contribution < 1.29 is 4.79 Å². The number of carbonyl (C=O) groups is 1. The highest BCUT2D eigenvalue weighted by molar-refractivity contribution is 14.1. The lowest BCUT2D eigenvalue weighted by molar-refractivity contribution is 0.112. The topological polar surface area (TPSA) is 17.1 Å². The van der Waals surface area contributed by atoms with Crippen LogP contribution in [-0.4, -0.2) is 6.29 Å². The third kappa shape index (κ3) is 1.75. The maximum Gasteiger partial charge on any atom is 0.150 e. The lowest BCUT2D eigenvalue weighted by atomic mass is 10.2. The molecule has 0 fully saturated rings. The summed E-state index contributed by atoms with van der Waals surface area (Å²) in [7, 11) is 0. The molecule has 0 amide bonds. The van der Waals surface area contributed by atoms with Crippen LogP contribution in [0.3, 0.4) is 0 Å². The fourth-order valence-corrected chi connectivity index (χ4v) is 3.89. The molecule has 13 heavy (non-hydrogen) atoms. The lowest BCUT2D eigenvalue weighted by Crippen LogP contribution is -1.77. The van der Waals surface area contributed by atoms with Gasteiger partial charge in [0.05, 0.1) is 2.88 Å². The molecule has 1 nitrogen and oxygen atoms in total. The van der Waals surface area contributed by atoms with E-state index in [0.29, 0.717) is 0 Å². The highest BCUT2D eigenvalue weighted by Gasteiger charge is 2.07. The molecular weight excluding hydrogens is 410 g/mol. The van der Waals surface area contributed by atoms with Crippen molar-refractivity contribution in [1.82, 2.24) is 0 Å². The van der Waals surface area contributed by atoms with Crippen LogP contribution in [0.1, 0.15) is 10.4 Å². The van der Waals surface area contributed by atoms with E-state index in [9.17, 15) is 4.79 Å². The summed E-state index contributed by atoms with van der Waals surface area (Å²) in [6.45, 7) is 0. The predicted molar refractivity (Wildman–Crippen MR) is 72.6 cm³/mol. The van der Waals surface area contributed by atoms with Gasteiger partial charge in [-0.1, -0.05) is 6.07 Å². The third-order valence-electron chi connectivity index (χ3n) is 1.75. The van der Waals surface area contributed by atoms with Gasteiger partial charge in [0.2, 0.25) is 0 Å². The van der Waals surface area contributed by atoms with E-state index < -0.39 is 0 Å². The van der Waals surface area contributed by atoms with E-state index in [4.69, 9.17) is 0 Å². The van der Waals surface area contributed by atoms with Gasteiger partial charge >= 0.3 is 0 Å². The van der Waals surface area contributed by atoms with E-state index in [1.54, 1.807) is 11.3 Å². The monoisotopic (exact) mass is 414 g/mol. The molecule has 0 saturated heterocycles. The van der Waals surface area contributed by atoms with Gasteiger partial charge in [0.25, 0.3) is 0 Å². The SMILES string of the molecule is O=Cc1ccc2sc(I)c(I)c2c1. The number of benzene rings is 1. The first-order valence-electron chi connectivity index (χ1n) is 3.55. The zero-order valence-corrected chi connectivity index (χ0v) is 11.5. The number of halogens is 2. The van der Waals surface area contributed by atoms with Crippen molar-refractivity contribution in [2.24, 2.45) is 0 Å². The molecule has 0 aliphatic rings. The molecule has 0 radical (unpaired) electrons. The zero-order chi connectivity index (χ0) is 9.42. The minimum Gasteiger partial charge on any atom is -0.298 e. The van der Waals surface area contributed by atoms with Crippen LogP contribution < -0.4 is 0 Å². The third-order valence-corrected chi connectivity index (χ3v) is 6.43. The quantitative estimate of drug-likeness (QED) is 0.511. The second-order valence-corrected chi connectivity index (χ2v) is 6.50. The second-order valence-electron chi connectivity index (χ2n) is 2.56. The molecule has 66 valence electrons. The Morgan fingerprint density at radius 2 is 2.08 bits per heavy atom. The minimum atomic E-state index is 0.750. The van der Waals surface area contributed by atoms with Gasteiger partial charge in [-0.25, -0.2) is 0 Å². The number of rotatable bonds is 1. The minimum absolute atomic E-state index is 0.750. The Balaban J connectivity index is 2.81. The Morgan fingerprint density at radius 3 is 2.77 bits per heavy atom. The molecular formula is C9H4I2OS. The lowest BCUT2D eigenvalue weighted by Gasteiger charge is -1.91. The normalized spacial score (nSPS) is 10.6. The number of fused-ring (bicyclic) bond motifs is 1. The summed E-state index contributed by atoms with van der Waals surface area (Å²) in [5.41, 5.74) is 0.750. The maximum atomic E-state index is 10.6. The van der Waals surface area contributed by atoms with Crippen LogP contribution in [0.25, 0.3) is 10.1 Å². The van der Waals surface area contributed by atoms with E-state index >= 15 is 0 Å². The van der Waals surface area contributed by atoms with Crippen LogP contribution in [0.15, 0.2) is 18.2 Å². The van der Waals surface area contributed by atoms with Crippen LogP contribution in [0.5, 0.6) is 0 Å². The van der Waals surface area contributed by atoms with Crippen LogP contribution in [-0.2, 0) is 0 Å². The molecule has 1 aromatic carbocycles. The van der Waals surface area contributed by atoms with E-state index in [2.05, 4.69) is 45.2 Å². The van der Waals surface area contributed by atoms with E-state index in [0.717, 1.165) is 11.8 Å². The van der Waals surface area contributed by atoms with Crippen LogP contribution in [0.4, 0.5) is 0 Å². The van der Waals surface area contributed by atoms with Crippen LogP contribution in [0, 0.1) is 6.45 Å². The maximum absolute atomic E-state index is 10.6. The second kappa shape index (κ2) is 3.82. The van der Waals surface area contributed by atoms with E-state index in [-0.39, 0.29) is 0 Å².